The van der Waals surface area contributed by atoms with E-state index in [2.05, 4.69) is 16.5 Å². The largest absolute Gasteiger partial charge is 0.440 e. The molecular formula is C22H24N4O3S2. The summed E-state index contributed by atoms with van der Waals surface area (Å²) in [6, 6.07) is 13.0. The summed E-state index contributed by atoms with van der Waals surface area (Å²) in [5.74, 6) is 1.20. The highest BCUT2D eigenvalue weighted by Gasteiger charge is 2.26. The Morgan fingerprint density at radius 3 is 2.61 bits per heavy atom. The number of para-hydroxylation sites is 2. The van der Waals surface area contributed by atoms with Crippen molar-refractivity contribution in [3.63, 3.8) is 0 Å². The molecule has 0 bridgehead atoms. The van der Waals surface area contributed by atoms with E-state index in [1.807, 2.05) is 30.3 Å². The van der Waals surface area contributed by atoms with E-state index in [1.165, 1.54) is 0 Å². The van der Waals surface area contributed by atoms with Gasteiger partial charge in [-0.3, -0.25) is 0 Å². The SMILES string of the molecule is CCn1c(SCc2nc3ccccc3o2)nc2cc(S(=O)(=O)N3CCCCC3)ccc21. The van der Waals surface area contributed by atoms with Crippen LogP contribution in [0.4, 0.5) is 0 Å². The molecule has 1 aliphatic heterocycles. The number of fused-ring (bicyclic) bond motifs is 2. The number of imidazole rings is 1. The second-order valence-electron chi connectivity index (χ2n) is 7.62. The van der Waals surface area contributed by atoms with Crippen LogP contribution >= 0.6 is 11.8 Å². The zero-order valence-electron chi connectivity index (χ0n) is 17.3. The number of rotatable bonds is 6. The van der Waals surface area contributed by atoms with Crippen LogP contribution < -0.4 is 0 Å². The topological polar surface area (TPSA) is 81.2 Å². The fraction of sp³-hybridized carbons (Fsp3) is 0.364. The molecule has 9 heteroatoms. The molecule has 0 spiro atoms. The minimum absolute atomic E-state index is 0.318. The molecule has 0 amide bonds. The van der Waals surface area contributed by atoms with Crippen LogP contribution in [0.15, 0.2) is 56.9 Å². The number of nitrogens with zero attached hydrogens (tertiary/aromatic N) is 4. The summed E-state index contributed by atoms with van der Waals surface area (Å²) in [5.41, 5.74) is 3.24. The minimum Gasteiger partial charge on any atom is -0.440 e. The van der Waals surface area contributed by atoms with Crippen LogP contribution in [0.5, 0.6) is 0 Å². The average Bonchev–Trinajstić information content (AvgIpc) is 3.38. The van der Waals surface area contributed by atoms with Crippen LogP contribution in [0.2, 0.25) is 0 Å². The molecule has 1 saturated heterocycles. The lowest BCUT2D eigenvalue weighted by Gasteiger charge is -2.25. The molecule has 31 heavy (non-hydrogen) atoms. The Bertz CT molecular complexity index is 1300. The van der Waals surface area contributed by atoms with E-state index < -0.39 is 10.0 Å². The van der Waals surface area contributed by atoms with Crippen LogP contribution in [0.25, 0.3) is 22.1 Å². The lowest BCUT2D eigenvalue weighted by molar-refractivity contribution is 0.346. The molecule has 0 atom stereocenters. The Morgan fingerprint density at radius 2 is 1.84 bits per heavy atom. The lowest BCUT2D eigenvalue weighted by atomic mass is 10.2. The number of hydrogen-bond acceptors (Lipinski definition) is 6. The van der Waals surface area contributed by atoms with Gasteiger partial charge < -0.3 is 8.98 Å². The van der Waals surface area contributed by atoms with Gasteiger partial charge in [0, 0.05) is 19.6 Å². The first-order chi connectivity index (χ1) is 15.1. The molecule has 0 aliphatic carbocycles. The number of hydrogen-bond donors (Lipinski definition) is 0. The minimum atomic E-state index is -3.48. The summed E-state index contributed by atoms with van der Waals surface area (Å²) in [6.07, 6.45) is 2.93. The fourth-order valence-corrected chi connectivity index (χ4v) is 6.49. The van der Waals surface area contributed by atoms with Gasteiger partial charge in [-0.2, -0.15) is 4.31 Å². The Labute approximate surface area is 185 Å². The zero-order chi connectivity index (χ0) is 21.4. The van der Waals surface area contributed by atoms with Crippen LogP contribution in [0.3, 0.4) is 0 Å². The molecule has 0 unspecified atom stereocenters. The molecule has 0 saturated carbocycles. The van der Waals surface area contributed by atoms with Gasteiger partial charge in [0.2, 0.25) is 15.9 Å². The molecule has 0 N–H and O–H groups in total. The van der Waals surface area contributed by atoms with Crippen LogP contribution in [-0.4, -0.2) is 40.3 Å². The van der Waals surface area contributed by atoms with Crippen molar-refractivity contribution in [1.29, 1.82) is 0 Å². The fourth-order valence-electron chi connectivity index (χ4n) is 4.03. The first-order valence-electron chi connectivity index (χ1n) is 10.5. The molecular weight excluding hydrogens is 432 g/mol. The van der Waals surface area contributed by atoms with E-state index in [-0.39, 0.29) is 0 Å². The number of oxazole rings is 1. The van der Waals surface area contributed by atoms with Gasteiger partial charge in [0.1, 0.15) is 5.52 Å². The number of benzene rings is 2. The molecule has 162 valence electrons. The summed E-state index contributed by atoms with van der Waals surface area (Å²) < 4.78 is 35.6. The molecule has 5 rings (SSSR count). The van der Waals surface area contributed by atoms with E-state index in [0.717, 1.165) is 47.6 Å². The number of sulfonamides is 1. The number of aryl methyl sites for hydroxylation is 1. The first kappa shape index (κ1) is 20.5. The van der Waals surface area contributed by atoms with Crippen LogP contribution in [0.1, 0.15) is 32.1 Å². The van der Waals surface area contributed by atoms with Crippen molar-refractivity contribution in [3.8, 4) is 0 Å². The van der Waals surface area contributed by atoms with Crippen molar-refractivity contribution in [2.45, 2.75) is 48.5 Å². The van der Waals surface area contributed by atoms with Gasteiger partial charge in [-0.25, -0.2) is 18.4 Å². The standard InChI is InChI=1S/C22H24N4O3S2/c1-2-26-19-11-10-16(31(27,28)25-12-6-3-7-13-25)14-18(19)24-22(26)30-15-21-23-17-8-4-5-9-20(17)29-21/h4-5,8-11,14H,2-3,6-7,12-13,15H2,1H3. The molecule has 3 heterocycles. The third kappa shape index (κ3) is 3.86. The van der Waals surface area contributed by atoms with Crippen molar-refractivity contribution in [2.75, 3.05) is 13.1 Å². The van der Waals surface area contributed by atoms with Crippen molar-refractivity contribution >= 4 is 43.9 Å². The molecule has 7 nitrogen and oxygen atoms in total. The Hall–Kier alpha value is -2.36. The molecule has 2 aromatic carbocycles. The van der Waals surface area contributed by atoms with Crippen molar-refractivity contribution in [3.05, 3.63) is 48.4 Å². The second kappa shape index (κ2) is 8.29. The maximum Gasteiger partial charge on any atom is 0.243 e. The average molecular weight is 457 g/mol. The van der Waals surface area contributed by atoms with Crippen LogP contribution in [0, 0.1) is 0 Å². The van der Waals surface area contributed by atoms with Gasteiger partial charge in [0.05, 0.1) is 21.7 Å². The van der Waals surface area contributed by atoms with Gasteiger partial charge in [-0.15, -0.1) is 0 Å². The summed E-state index contributed by atoms with van der Waals surface area (Å²) in [4.78, 5) is 9.59. The molecule has 2 aromatic heterocycles. The van der Waals surface area contributed by atoms with Gasteiger partial charge in [0.15, 0.2) is 10.7 Å². The Balaban J connectivity index is 1.43. The number of aromatic nitrogens is 3. The monoisotopic (exact) mass is 456 g/mol. The maximum atomic E-state index is 13.1. The highest BCUT2D eigenvalue weighted by atomic mass is 32.2. The van der Waals surface area contributed by atoms with Gasteiger partial charge in [-0.1, -0.05) is 30.3 Å². The summed E-state index contributed by atoms with van der Waals surface area (Å²) in [5, 5.41) is 0.826. The summed E-state index contributed by atoms with van der Waals surface area (Å²) in [7, 11) is -3.48. The second-order valence-corrected chi connectivity index (χ2v) is 10.5. The molecule has 4 aromatic rings. The number of piperidine rings is 1. The van der Waals surface area contributed by atoms with E-state index in [1.54, 1.807) is 28.2 Å². The lowest BCUT2D eigenvalue weighted by Crippen LogP contribution is -2.35. The molecule has 0 radical (unpaired) electrons. The van der Waals surface area contributed by atoms with Gasteiger partial charge in [0.25, 0.3) is 0 Å². The van der Waals surface area contributed by atoms with Crippen molar-refractivity contribution in [2.24, 2.45) is 0 Å². The third-order valence-electron chi connectivity index (χ3n) is 5.62. The Morgan fingerprint density at radius 1 is 1.03 bits per heavy atom. The van der Waals surface area contributed by atoms with Gasteiger partial charge >= 0.3 is 0 Å². The van der Waals surface area contributed by atoms with Crippen molar-refractivity contribution < 1.29 is 12.8 Å². The van der Waals surface area contributed by atoms with E-state index in [4.69, 9.17) is 9.40 Å². The third-order valence-corrected chi connectivity index (χ3v) is 8.47. The highest BCUT2D eigenvalue weighted by Crippen LogP contribution is 2.30. The Kier molecular flexibility index (Phi) is 5.49. The quantitative estimate of drug-likeness (QED) is 0.392. The zero-order valence-corrected chi connectivity index (χ0v) is 19.0. The summed E-state index contributed by atoms with van der Waals surface area (Å²) >= 11 is 1.54. The predicted octanol–water partition coefficient (Wildman–Crippen LogP) is 4.66. The first-order valence-corrected chi connectivity index (χ1v) is 13.0. The smallest absolute Gasteiger partial charge is 0.243 e. The van der Waals surface area contributed by atoms with Crippen LogP contribution in [-0.2, 0) is 22.3 Å². The number of thioether (sulfide) groups is 1. The highest BCUT2D eigenvalue weighted by molar-refractivity contribution is 7.98. The summed E-state index contributed by atoms with van der Waals surface area (Å²) in [6.45, 7) is 3.98. The normalized spacial score (nSPS) is 15.8. The van der Waals surface area contributed by atoms with Crippen molar-refractivity contribution in [1.82, 2.24) is 18.8 Å². The molecule has 1 aliphatic rings. The van der Waals surface area contributed by atoms with E-state index >= 15 is 0 Å². The van der Waals surface area contributed by atoms with E-state index in [9.17, 15) is 8.42 Å². The van der Waals surface area contributed by atoms with E-state index in [0.29, 0.717) is 35.1 Å². The molecule has 1 fully saturated rings. The maximum absolute atomic E-state index is 13.1. The van der Waals surface area contributed by atoms with Gasteiger partial charge in [-0.05, 0) is 50.1 Å². The predicted molar refractivity (Wildman–Crippen MR) is 122 cm³/mol.